The van der Waals surface area contributed by atoms with Crippen LogP contribution in [0.15, 0.2) is 34.1 Å². The second-order valence-corrected chi connectivity index (χ2v) is 5.90. The molecule has 0 amide bonds. The summed E-state index contributed by atoms with van der Waals surface area (Å²) in [6.45, 7) is 5.02. The highest BCUT2D eigenvalue weighted by Crippen LogP contribution is 2.18. The van der Waals surface area contributed by atoms with Crippen LogP contribution >= 0.6 is 27.3 Å². The maximum Gasteiger partial charge on any atom is 0.107 e. The number of hydrogen-bond donors (Lipinski definition) is 1. The van der Waals surface area contributed by atoms with Gasteiger partial charge in [-0.25, -0.2) is 4.98 Å². The van der Waals surface area contributed by atoms with Crippen molar-refractivity contribution in [2.75, 3.05) is 0 Å². The number of aryl methyl sites for hydroxylation is 1. The Morgan fingerprint density at radius 1 is 1.47 bits per heavy atom. The van der Waals surface area contributed by atoms with Crippen LogP contribution in [0.1, 0.15) is 29.2 Å². The van der Waals surface area contributed by atoms with Crippen molar-refractivity contribution in [2.24, 2.45) is 0 Å². The lowest BCUT2D eigenvalue weighted by Crippen LogP contribution is -2.17. The number of halogens is 1. The van der Waals surface area contributed by atoms with E-state index in [2.05, 4.69) is 56.7 Å². The minimum atomic E-state index is 0.330. The molecule has 4 heteroatoms. The van der Waals surface area contributed by atoms with Crippen molar-refractivity contribution in [1.29, 1.82) is 0 Å². The van der Waals surface area contributed by atoms with Crippen molar-refractivity contribution in [3.8, 4) is 0 Å². The molecule has 2 aromatic rings. The van der Waals surface area contributed by atoms with Gasteiger partial charge in [0.2, 0.25) is 0 Å². The zero-order valence-electron chi connectivity index (χ0n) is 9.90. The van der Waals surface area contributed by atoms with Crippen LogP contribution in [-0.2, 0) is 6.54 Å². The second-order valence-electron chi connectivity index (χ2n) is 4.04. The standard InChI is InChI=1S/C13H15BrN2S/c1-9-8-17-13(16-9)7-15-10(2)11-4-3-5-12(14)6-11/h3-6,8,10,15H,7H2,1-2H3. The van der Waals surface area contributed by atoms with Gasteiger partial charge in [0.1, 0.15) is 5.01 Å². The third kappa shape index (κ3) is 3.63. The summed E-state index contributed by atoms with van der Waals surface area (Å²) in [7, 11) is 0. The molecular formula is C13H15BrN2S. The Labute approximate surface area is 114 Å². The van der Waals surface area contributed by atoms with Crippen LogP contribution < -0.4 is 5.32 Å². The first kappa shape index (κ1) is 12.7. The molecule has 1 N–H and O–H groups in total. The largest absolute Gasteiger partial charge is 0.304 e. The lowest BCUT2D eigenvalue weighted by molar-refractivity contribution is 0.572. The van der Waals surface area contributed by atoms with Crippen LogP contribution in [0.4, 0.5) is 0 Å². The summed E-state index contributed by atoms with van der Waals surface area (Å²) < 4.78 is 1.12. The molecule has 0 aliphatic rings. The fraction of sp³-hybridized carbons (Fsp3) is 0.308. The Morgan fingerprint density at radius 3 is 2.94 bits per heavy atom. The van der Waals surface area contributed by atoms with E-state index < -0.39 is 0 Å². The van der Waals surface area contributed by atoms with Gasteiger partial charge in [0, 0.05) is 28.1 Å². The predicted molar refractivity (Wildman–Crippen MR) is 76.2 cm³/mol. The summed E-state index contributed by atoms with van der Waals surface area (Å²) in [5, 5.41) is 6.71. The van der Waals surface area contributed by atoms with E-state index in [1.165, 1.54) is 5.56 Å². The number of aromatic nitrogens is 1. The van der Waals surface area contributed by atoms with Gasteiger partial charge in [0.15, 0.2) is 0 Å². The van der Waals surface area contributed by atoms with Crippen LogP contribution in [0.25, 0.3) is 0 Å². The Hall–Kier alpha value is -0.710. The summed E-state index contributed by atoms with van der Waals surface area (Å²) in [6.07, 6.45) is 0. The summed E-state index contributed by atoms with van der Waals surface area (Å²) in [5.41, 5.74) is 2.38. The molecule has 1 aromatic heterocycles. The fourth-order valence-corrected chi connectivity index (χ4v) is 2.76. The lowest BCUT2D eigenvalue weighted by atomic mass is 10.1. The molecule has 0 bridgehead atoms. The molecular weight excluding hydrogens is 296 g/mol. The number of nitrogens with zero attached hydrogens (tertiary/aromatic N) is 1. The first-order valence-electron chi connectivity index (χ1n) is 5.55. The van der Waals surface area contributed by atoms with Gasteiger partial charge in [-0.05, 0) is 31.5 Å². The van der Waals surface area contributed by atoms with Crippen molar-refractivity contribution in [3.05, 3.63) is 50.4 Å². The molecule has 0 saturated carbocycles. The van der Waals surface area contributed by atoms with E-state index in [0.29, 0.717) is 6.04 Å². The molecule has 1 atom stereocenters. The zero-order valence-corrected chi connectivity index (χ0v) is 12.3. The molecule has 1 unspecified atom stereocenters. The molecule has 0 saturated heterocycles. The monoisotopic (exact) mass is 310 g/mol. The van der Waals surface area contributed by atoms with E-state index in [4.69, 9.17) is 0 Å². The Morgan fingerprint density at radius 2 is 2.29 bits per heavy atom. The maximum atomic E-state index is 4.44. The third-order valence-electron chi connectivity index (χ3n) is 2.57. The van der Waals surface area contributed by atoms with E-state index >= 15 is 0 Å². The molecule has 17 heavy (non-hydrogen) atoms. The molecule has 1 aromatic carbocycles. The van der Waals surface area contributed by atoms with E-state index in [0.717, 1.165) is 21.7 Å². The van der Waals surface area contributed by atoms with Gasteiger partial charge in [-0.1, -0.05) is 28.1 Å². The topological polar surface area (TPSA) is 24.9 Å². The van der Waals surface area contributed by atoms with Gasteiger partial charge in [-0.2, -0.15) is 0 Å². The molecule has 0 radical (unpaired) electrons. The van der Waals surface area contributed by atoms with Gasteiger partial charge in [0.25, 0.3) is 0 Å². The molecule has 2 rings (SSSR count). The molecule has 0 aliphatic carbocycles. The highest BCUT2D eigenvalue weighted by molar-refractivity contribution is 9.10. The maximum absolute atomic E-state index is 4.44. The van der Waals surface area contributed by atoms with E-state index in [1.54, 1.807) is 11.3 Å². The van der Waals surface area contributed by atoms with Gasteiger partial charge < -0.3 is 5.32 Å². The number of hydrogen-bond acceptors (Lipinski definition) is 3. The van der Waals surface area contributed by atoms with Crippen molar-refractivity contribution in [1.82, 2.24) is 10.3 Å². The summed E-state index contributed by atoms with van der Waals surface area (Å²) in [5.74, 6) is 0. The number of nitrogens with one attached hydrogen (secondary N) is 1. The Kier molecular flexibility index (Phi) is 4.31. The summed E-state index contributed by atoms with van der Waals surface area (Å²) in [4.78, 5) is 4.44. The van der Waals surface area contributed by atoms with Crippen LogP contribution in [0, 0.1) is 6.92 Å². The number of rotatable bonds is 4. The third-order valence-corrected chi connectivity index (χ3v) is 4.03. The number of benzene rings is 1. The van der Waals surface area contributed by atoms with Crippen molar-refractivity contribution >= 4 is 27.3 Å². The minimum Gasteiger partial charge on any atom is -0.304 e. The van der Waals surface area contributed by atoms with Crippen LogP contribution in [-0.4, -0.2) is 4.98 Å². The van der Waals surface area contributed by atoms with E-state index in [1.807, 2.05) is 13.0 Å². The first-order chi connectivity index (χ1) is 8.15. The lowest BCUT2D eigenvalue weighted by Gasteiger charge is -2.13. The van der Waals surface area contributed by atoms with E-state index in [9.17, 15) is 0 Å². The molecule has 1 heterocycles. The molecule has 0 fully saturated rings. The highest BCUT2D eigenvalue weighted by Gasteiger charge is 2.06. The van der Waals surface area contributed by atoms with Crippen molar-refractivity contribution in [3.63, 3.8) is 0 Å². The van der Waals surface area contributed by atoms with Crippen LogP contribution in [0.5, 0.6) is 0 Å². The zero-order chi connectivity index (χ0) is 12.3. The second kappa shape index (κ2) is 5.76. The van der Waals surface area contributed by atoms with Gasteiger partial charge in [0.05, 0.1) is 0 Å². The average Bonchev–Trinajstić information content (AvgIpc) is 2.72. The molecule has 2 nitrogen and oxygen atoms in total. The van der Waals surface area contributed by atoms with Gasteiger partial charge in [-0.3, -0.25) is 0 Å². The molecule has 0 aliphatic heterocycles. The molecule has 90 valence electrons. The predicted octanol–water partition coefficient (Wildman–Crippen LogP) is 4.06. The normalized spacial score (nSPS) is 12.6. The smallest absolute Gasteiger partial charge is 0.107 e. The average molecular weight is 311 g/mol. The van der Waals surface area contributed by atoms with Gasteiger partial charge in [-0.15, -0.1) is 11.3 Å². The van der Waals surface area contributed by atoms with Crippen LogP contribution in [0.2, 0.25) is 0 Å². The number of thiazole rings is 1. The highest BCUT2D eigenvalue weighted by atomic mass is 79.9. The quantitative estimate of drug-likeness (QED) is 0.921. The van der Waals surface area contributed by atoms with Crippen molar-refractivity contribution in [2.45, 2.75) is 26.4 Å². The van der Waals surface area contributed by atoms with Gasteiger partial charge >= 0.3 is 0 Å². The minimum absolute atomic E-state index is 0.330. The summed E-state index contributed by atoms with van der Waals surface area (Å²) in [6, 6.07) is 8.71. The molecule has 0 spiro atoms. The Balaban J connectivity index is 1.95. The SMILES string of the molecule is Cc1csc(CNC(C)c2cccc(Br)c2)n1. The Bertz CT molecular complexity index is 496. The van der Waals surface area contributed by atoms with Crippen LogP contribution in [0.3, 0.4) is 0 Å². The van der Waals surface area contributed by atoms with E-state index in [-0.39, 0.29) is 0 Å². The first-order valence-corrected chi connectivity index (χ1v) is 7.22. The fourth-order valence-electron chi connectivity index (χ4n) is 1.62. The summed E-state index contributed by atoms with van der Waals surface area (Å²) >= 11 is 5.20. The van der Waals surface area contributed by atoms with Crippen molar-refractivity contribution < 1.29 is 0 Å².